The van der Waals surface area contributed by atoms with E-state index in [2.05, 4.69) is 0 Å². The lowest BCUT2D eigenvalue weighted by molar-refractivity contribution is -0.148. The Morgan fingerprint density at radius 2 is 2.17 bits per heavy atom. The predicted molar refractivity (Wildman–Crippen MR) is 42.6 cm³/mol. The highest BCUT2D eigenvalue weighted by molar-refractivity contribution is 5.79. The van der Waals surface area contributed by atoms with Gasteiger partial charge in [0.15, 0.2) is 0 Å². The van der Waals surface area contributed by atoms with Crippen LogP contribution in [0.2, 0.25) is 0 Å². The number of aliphatic hydroxyl groups excluding tert-OH is 1. The molecule has 3 nitrogen and oxygen atoms in total. The van der Waals surface area contributed by atoms with E-state index < -0.39 is 11.4 Å². The Labute approximate surface area is 71.4 Å². The highest BCUT2D eigenvalue weighted by Crippen LogP contribution is 2.64. The predicted octanol–water partition coefficient (Wildman–Crippen LogP) is 0.868. The van der Waals surface area contributed by atoms with Gasteiger partial charge in [0.1, 0.15) is 0 Å². The fourth-order valence-electron chi connectivity index (χ4n) is 2.69. The largest absolute Gasteiger partial charge is 0.481 e. The minimum absolute atomic E-state index is 0.0405. The van der Waals surface area contributed by atoms with Crippen molar-refractivity contribution >= 4 is 5.97 Å². The summed E-state index contributed by atoms with van der Waals surface area (Å²) in [5.41, 5.74) is -0.558. The molecule has 68 valence electrons. The Bertz CT molecular complexity index is 226. The van der Waals surface area contributed by atoms with Gasteiger partial charge < -0.3 is 10.2 Å². The zero-order valence-corrected chi connectivity index (χ0v) is 7.16. The molecular formula is C9H14O3. The normalized spacial score (nSPS) is 51.3. The number of carbonyl (C=O) groups is 1. The summed E-state index contributed by atoms with van der Waals surface area (Å²) in [6.45, 7) is 1.99. The van der Waals surface area contributed by atoms with Crippen LogP contribution in [0.5, 0.6) is 0 Å². The molecule has 2 fully saturated rings. The molecule has 0 aromatic heterocycles. The van der Waals surface area contributed by atoms with Crippen molar-refractivity contribution in [3.63, 3.8) is 0 Å². The number of hydrogen-bond donors (Lipinski definition) is 2. The van der Waals surface area contributed by atoms with E-state index in [4.69, 9.17) is 5.11 Å². The molecule has 0 bridgehead atoms. The molecule has 1 unspecified atom stereocenters. The first-order chi connectivity index (χ1) is 5.59. The van der Waals surface area contributed by atoms with E-state index in [-0.39, 0.29) is 17.9 Å². The van der Waals surface area contributed by atoms with Gasteiger partial charge in [-0.25, -0.2) is 0 Å². The molecule has 0 aromatic carbocycles. The van der Waals surface area contributed by atoms with Crippen molar-refractivity contribution in [1.29, 1.82) is 0 Å². The monoisotopic (exact) mass is 170 g/mol. The summed E-state index contributed by atoms with van der Waals surface area (Å²) in [5, 5.41) is 18.5. The Morgan fingerprint density at radius 1 is 1.50 bits per heavy atom. The van der Waals surface area contributed by atoms with Gasteiger partial charge in [-0.1, -0.05) is 6.92 Å². The van der Waals surface area contributed by atoms with Crippen molar-refractivity contribution in [1.82, 2.24) is 0 Å². The molecule has 0 saturated heterocycles. The minimum Gasteiger partial charge on any atom is -0.481 e. The van der Waals surface area contributed by atoms with Gasteiger partial charge in [0.05, 0.1) is 11.5 Å². The lowest BCUT2D eigenvalue weighted by Crippen LogP contribution is -2.34. The van der Waals surface area contributed by atoms with E-state index in [1.54, 1.807) is 0 Å². The van der Waals surface area contributed by atoms with Gasteiger partial charge in [-0.2, -0.15) is 0 Å². The second-order valence-electron chi connectivity index (χ2n) is 4.20. The van der Waals surface area contributed by atoms with Crippen LogP contribution in [0.4, 0.5) is 0 Å². The molecule has 12 heavy (non-hydrogen) atoms. The third-order valence-corrected chi connectivity index (χ3v) is 3.70. The van der Waals surface area contributed by atoms with E-state index in [1.165, 1.54) is 0 Å². The van der Waals surface area contributed by atoms with Crippen LogP contribution in [-0.2, 0) is 4.79 Å². The van der Waals surface area contributed by atoms with Crippen molar-refractivity contribution in [2.24, 2.45) is 17.3 Å². The molecule has 2 rings (SSSR count). The second kappa shape index (κ2) is 2.22. The van der Waals surface area contributed by atoms with Gasteiger partial charge >= 0.3 is 5.97 Å². The third kappa shape index (κ3) is 0.774. The van der Waals surface area contributed by atoms with Crippen LogP contribution in [0.1, 0.15) is 26.2 Å². The average Bonchev–Trinajstić information content (AvgIpc) is 2.73. The maximum absolute atomic E-state index is 11.0. The van der Waals surface area contributed by atoms with Gasteiger partial charge in [0, 0.05) is 5.92 Å². The van der Waals surface area contributed by atoms with Crippen LogP contribution >= 0.6 is 0 Å². The third-order valence-electron chi connectivity index (χ3n) is 3.70. The van der Waals surface area contributed by atoms with Crippen molar-refractivity contribution in [3.8, 4) is 0 Å². The minimum atomic E-state index is -0.709. The molecule has 2 aliphatic carbocycles. The van der Waals surface area contributed by atoms with Crippen molar-refractivity contribution < 1.29 is 15.0 Å². The van der Waals surface area contributed by atoms with Gasteiger partial charge in [-0.05, 0) is 25.2 Å². The lowest BCUT2D eigenvalue weighted by atomic mass is 9.78. The van der Waals surface area contributed by atoms with E-state index in [0.717, 1.165) is 12.8 Å². The first-order valence-electron chi connectivity index (χ1n) is 4.50. The molecule has 0 heterocycles. The van der Waals surface area contributed by atoms with E-state index in [9.17, 15) is 9.90 Å². The van der Waals surface area contributed by atoms with E-state index in [1.807, 2.05) is 6.92 Å². The van der Waals surface area contributed by atoms with E-state index in [0.29, 0.717) is 6.42 Å². The highest BCUT2D eigenvalue weighted by atomic mass is 16.4. The van der Waals surface area contributed by atoms with Gasteiger partial charge in [-0.3, -0.25) is 4.79 Å². The van der Waals surface area contributed by atoms with Crippen molar-refractivity contribution in [2.75, 3.05) is 0 Å². The molecular weight excluding hydrogens is 156 g/mol. The molecule has 0 radical (unpaired) electrons. The van der Waals surface area contributed by atoms with Crippen LogP contribution in [0, 0.1) is 17.3 Å². The van der Waals surface area contributed by atoms with Crippen LogP contribution < -0.4 is 0 Å². The summed E-state index contributed by atoms with van der Waals surface area (Å²) < 4.78 is 0. The molecule has 0 aromatic rings. The topological polar surface area (TPSA) is 57.5 Å². The van der Waals surface area contributed by atoms with Crippen LogP contribution in [0.3, 0.4) is 0 Å². The molecule has 2 aliphatic rings. The highest BCUT2D eigenvalue weighted by Gasteiger charge is 2.67. The lowest BCUT2D eigenvalue weighted by Gasteiger charge is -2.28. The molecule has 3 heteroatoms. The average molecular weight is 170 g/mol. The summed E-state index contributed by atoms with van der Waals surface area (Å²) >= 11 is 0. The fourth-order valence-corrected chi connectivity index (χ4v) is 2.69. The summed E-state index contributed by atoms with van der Waals surface area (Å²) in [6.07, 6.45) is 1.95. The van der Waals surface area contributed by atoms with Crippen LogP contribution in [0.15, 0.2) is 0 Å². The van der Waals surface area contributed by atoms with E-state index >= 15 is 0 Å². The molecule has 0 aliphatic heterocycles. The van der Waals surface area contributed by atoms with Crippen LogP contribution in [0.25, 0.3) is 0 Å². The summed E-state index contributed by atoms with van der Waals surface area (Å²) in [4.78, 5) is 11.0. The van der Waals surface area contributed by atoms with Crippen molar-refractivity contribution in [3.05, 3.63) is 0 Å². The first kappa shape index (κ1) is 8.05. The number of carboxylic acids is 1. The number of hydrogen-bond acceptors (Lipinski definition) is 2. The van der Waals surface area contributed by atoms with Gasteiger partial charge in [-0.15, -0.1) is 0 Å². The fraction of sp³-hybridized carbons (Fsp3) is 0.889. The zero-order chi connectivity index (χ0) is 8.93. The quantitative estimate of drug-likeness (QED) is 0.614. The maximum atomic E-state index is 11.0. The number of fused-ring (bicyclic) bond motifs is 1. The summed E-state index contributed by atoms with van der Waals surface area (Å²) in [7, 11) is 0. The first-order valence-corrected chi connectivity index (χ1v) is 4.50. The molecule has 0 amide bonds. The number of rotatable bonds is 1. The van der Waals surface area contributed by atoms with Crippen LogP contribution in [-0.4, -0.2) is 22.3 Å². The Hall–Kier alpha value is -0.570. The standard InChI is InChI=1S/C9H14O3/c1-5-2-3-7(10)6-4-9(5,6)8(11)12/h5-7,10H,2-4H2,1H3,(H,11,12)/t5?,6-,7-,9+/m0/s1. The molecule has 4 atom stereocenters. The number of aliphatic hydroxyl groups is 1. The summed E-state index contributed by atoms with van der Waals surface area (Å²) in [5.74, 6) is -0.430. The number of carboxylic acid groups (broad SMARTS) is 1. The smallest absolute Gasteiger partial charge is 0.310 e. The molecule has 2 saturated carbocycles. The zero-order valence-electron chi connectivity index (χ0n) is 7.16. The number of aliphatic carboxylic acids is 1. The SMILES string of the molecule is CC1CC[C@H](O)[C@@H]2C[C@@]12C(=O)O. The molecule has 0 spiro atoms. The Morgan fingerprint density at radius 3 is 2.67 bits per heavy atom. The Balaban J connectivity index is 2.22. The van der Waals surface area contributed by atoms with Gasteiger partial charge in [0.2, 0.25) is 0 Å². The molecule has 2 N–H and O–H groups in total. The van der Waals surface area contributed by atoms with Gasteiger partial charge in [0.25, 0.3) is 0 Å². The van der Waals surface area contributed by atoms with Crippen molar-refractivity contribution in [2.45, 2.75) is 32.3 Å². The maximum Gasteiger partial charge on any atom is 0.310 e. The second-order valence-corrected chi connectivity index (χ2v) is 4.20. The summed E-state index contributed by atoms with van der Waals surface area (Å²) in [6, 6.07) is 0. The Kier molecular flexibility index (Phi) is 1.49.